The lowest BCUT2D eigenvalue weighted by Gasteiger charge is -2.32. The summed E-state index contributed by atoms with van der Waals surface area (Å²) < 4.78 is 64.3. The summed E-state index contributed by atoms with van der Waals surface area (Å²) in [5, 5.41) is 10.1. The van der Waals surface area contributed by atoms with Gasteiger partial charge in [-0.1, -0.05) is 17.7 Å². The Morgan fingerprint density at radius 2 is 2.33 bits per heavy atom. The molecule has 1 aliphatic heterocycles. The molecule has 1 saturated heterocycles. The third kappa shape index (κ3) is 4.03. The van der Waals surface area contributed by atoms with Crippen LogP contribution in [0.4, 0.5) is 10.2 Å². The largest absolute Gasteiger partial charge is 0.367 e. The first-order valence-corrected chi connectivity index (χ1v) is 9.35. The topological polar surface area (TPSA) is 64.8 Å². The molecule has 0 radical (unpaired) electrons. The average Bonchev–Trinajstić information content (AvgIpc) is 3.06. The van der Waals surface area contributed by atoms with Crippen LogP contribution in [0.1, 0.15) is 30.8 Å². The Morgan fingerprint density at radius 3 is 3.11 bits per heavy atom. The van der Waals surface area contributed by atoms with Crippen molar-refractivity contribution in [2.75, 3.05) is 18.4 Å². The molecule has 2 aromatic heterocycles. The lowest BCUT2D eigenvalue weighted by atomic mass is 10.0. The van der Waals surface area contributed by atoms with E-state index < -0.39 is 18.3 Å². The summed E-state index contributed by atoms with van der Waals surface area (Å²) in [7, 11) is 0. The second-order valence-electron chi connectivity index (χ2n) is 5.91. The monoisotopic (exact) mass is 407 g/mol. The van der Waals surface area contributed by atoms with Crippen molar-refractivity contribution in [3.63, 3.8) is 0 Å². The normalized spacial score (nSPS) is 20.6. The molecule has 0 unspecified atom stereocenters. The first kappa shape index (κ1) is 12.2. The molecule has 1 aliphatic rings. The van der Waals surface area contributed by atoms with Crippen molar-refractivity contribution in [3.05, 3.63) is 51.8 Å². The van der Waals surface area contributed by atoms with Crippen LogP contribution in [0.3, 0.4) is 0 Å². The SMILES string of the molecule is [2H]c1nc(N([2H])C2([2H])CCN(C([2H])([2H])c3ccc(F)c(C#N)c3)CC2)c2c([2H])c(Cl)sc2n1. The van der Waals surface area contributed by atoms with Crippen molar-refractivity contribution in [1.82, 2.24) is 14.9 Å². The quantitative estimate of drug-likeness (QED) is 0.692. The first-order chi connectivity index (χ1) is 15.5. The molecular formula is C19H17ClFN5S. The lowest BCUT2D eigenvalue weighted by molar-refractivity contribution is 0.211. The summed E-state index contributed by atoms with van der Waals surface area (Å²) in [6.45, 7) is -1.81. The van der Waals surface area contributed by atoms with Crippen LogP contribution in [0.5, 0.6) is 0 Å². The van der Waals surface area contributed by atoms with E-state index in [4.69, 9.17) is 25.1 Å². The van der Waals surface area contributed by atoms with Gasteiger partial charge in [-0.2, -0.15) is 5.26 Å². The Morgan fingerprint density at radius 1 is 1.52 bits per heavy atom. The van der Waals surface area contributed by atoms with Gasteiger partial charge in [-0.3, -0.25) is 4.90 Å². The van der Waals surface area contributed by atoms with Crippen LogP contribution >= 0.6 is 22.9 Å². The Hall–Kier alpha value is -2.27. The molecule has 0 spiro atoms. The standard InChI is InChI=1S/C19H17ClFN5S/c20-17-8-15-18(23-11-24-19(15)27-17)25-14-3-5-26(6-4-14)10-12-1-2-16(21)13(7-12)9-22/h1-2,7-8,11,14H,3-6,10H2,(H,23,24,25)/i8D,10D2,11D,14D/hD. The summed E-state index contributed by atoms with van der Waals surface area (Å²) in [4.78, 5) is 9.71. The highest BCUT2D eigenvalue weighted by atomic mass is 35.5. The van der Waals surface area contributed by atoms with Crippen LogP contribution < -0.4 is 5.31 Å². The summed E-state index contributed by atoms with van der Waals surface area (Å²) in [5.41, 5.74) is -0.121. The number of likely N-dealkylation sites (tertiary alicyclic amines) is 1. The van der Waals surface area contributed by atoms with Gasteiger partial charge in [0.05, 0.1) is 18.0 Å². The van der Waals surface area contributed by atoms with E-state index in [2.05, 4.69) is 9.97 Å². The zero-order chi connectivity index (χ0) is 24.1. The fourth-order valence-corrected chi connectivity index (χ4v) is 3.77. The summed E-state index contributed by atoms with van der Waals surface area (Å²) in [6, 6.07) is 3.67. The minimum Gasteiger partial charge on any atom is -0.367 e. The Bertz CT molecular complexity index is 1270. The Kier molecular flexibility index (Phi) is 3.52. The van der Waals surface area contributed by atoms with E-state index in [0.717, 1.165) is 22.7 Å². The predicted molar refractivity (Wildman–Crippen MR) is 105 cm³/mol. The third-order valence-corrected chi connectivity index (χ3v) is 5.23. The number of halogens is 2. The van der Waals surface area contributed by atoms with E-state index in [1.807, 2.05) is 0 Å². The van der Waals surface area contributed by atoms with Crippen LogP contribution in [0.15, 0.2) is 30.5 Å². The number of aromatic nitrogens is 2. The number of piperidine rings is 1. The molecule has 1 N–H and O–H groups in total. The van der Waals surface area contributed by atoms with Gasteiger partial charge in [-0.25, -0.2) is 14.4 Å². The molecule has 0 amide bonds. The van der Waals surface area contributed by atoms with Gasteiger partial charge >= 0.3 is 0 Å². The van der Waals surface area contributed by atoms with Crippen molar-refractivity contribution in [2.45, 2.75) is 25.4 Å². The lowest BCUT2D eigenvalue weighted by Crippen LogP contribution is -2.38. The molecule has 0 atom stereocenters. The van der Waals surface area contributed by atoms with Crippen LogP contribution in [0.25, 0.3) is 10.2 Å². The second-order valence-corrected chi connectivity index (χ2v) is 7.51. The van der Waals surface area contributed by atoms with Crippen molar-refractivity contribution in [1.29, 1.82) is 5.26 Å². The number of benzene rings is 1. The molecule has 8 heteroatoms. The Balaban J connectivity index is 1.59. The van der Waals surface area contributed by atoms with Gasteiger partial charge in [0, 0.05) is 28.3 Å². The van der Waals surface area contributed by atoms with Crippen LogP contribution in [-0.4, -0.2) is 34.0 Å². The van der Waals surface area contributed by atoms with E-state index in [-0.39, 0.29) is 64.9 Å². The van der Waals surface area contributed by atoms with Gasteiger partial charge in [0.25, 0.3) is 0 Å². The van der Waals surface area contributed by atoms with Gasteiger partial charge in [0.2, 0.25) is 0 Å². The summed E-state index contributed by atoms with van der Waals surface area (Å²) in [6.07, 6.45) is -0.228. The fraction of sp³-hybridized carbons (Fsp3) is 0.316. The fourth-order valence-electron chi connectivity index (χ4n) is 2.80. The number of nitrogens with zero attached hydrogens (tertiary/aromatic N) is 4. The molecule has 4 rings (SSSR count). The Labute approximate surface area is 173 Å². The molecule has 5 nitrogen and oxygen atoms in total. The molecule has 3 heterocycles. The molecule has 1 aromatic carbocycles. The van der Waals surface area contributed by atoms with Gasteiger partial charge < -0.3 is 5.31 Å². The van der Waals surface area contributed by atoms with Crippen LogP contribution in [0, 0.1) is 17.1 Å². The first-order valence-electron chi connectivity index (χ1n) is 11.1. The zero-order valence-electron chi connectivity index (χ0n) is 20.0. The van der Waals surface area contributed by atoms with Gasteiger partial charge in [0.15, 0.2) is 1.41 Å². The molecule has 0 aliphatic carbocycles. The smallest absolute Gasteiger partial charge is 0.162 e. The van der Waals surface area contributed by atoms with E-state index in [1.165, 1.54) is 17.0 Å². The maximum atomic E-state index is 13.7. The molecule has 0 saturated carbocycles. The van der Waals surface area contributed by atoms with E-state index in [9.17, 15) is 4.39 Å². The molecule has 27 heavy (non-hydrogen) atoms. The van der Waals surface area contributed by atoms with Crippen molar-refractivity contribution >= 4 is 39.0 Å². The van der Waals surface area contributed by atoms with E-state index in [1.54, 1.807) is 6.07 Å². The number of nitriles is 1. The zero-order valence-corrected chi connectivity index (χ0v) is 15.5. The number of thiophene rings is 1. The average molecular weight is 408 g/mol. The highest BCUT2D eigenvalue weighted by Gasteiger charge is 2.21. The third-order valence-electron chi connectivity index (χ3n) is 4.13. The molecule has 138 valence electrons. The number of rotatable bonds is 4. The van der Waals surface area contributed by atoms with Crippen LogP contribution in [0.2, 0.25) is 5.75 Å². The maximum Gasteiger partial charge on any atom is 0.162 e. The van der Waals surface area contributed by atoms with Gasteiger partial charge in [-0.05, 0) is 36.6 Å². The van der Waals surface area contributed by atoms with E-state index in [0.29, 0.717) is 4.83 Å². The van der Waals surface area contributed by atoms with Crippen LogP contribution in [-0.2, 0) is 6.50 Å². The van der Waals surface area contributed by atoms with Crippen molar-refractivity contribution in [2.24, 2.45) is 0 Å². The highest BCUT2D eigenvalue weighted by Crippen LogP contribution is 2.32. The predicted octanol–water partition coefficient (Wildman–Crippen LogP) is 4.43. The summed E-state index contributed by atoms with van der Waals surface area (Å²) in [5.74, 6) is -0.778. The number of hydrogen-bond donors (Lipinski definition) is 1. The number of nitrogens with one attached hydrogen (secondary N) is 1. The molecular weight excluding hydrogens is 385 g/mol. The van der Waals surface area contributed by atoms with Gasteiger partial charge in [0.1, 0.15) is 30.2 Å². The van der Waals surface area contributed by atoms with E-state index >= 15 is 0 Å². The minimum atomic E-state index is -2.01. The van der Waals surface area contributed by atoms with Crippen molar-refractivity contribution in [3.8, 4) is 6.07 Å². The summed E-state index contributed by atoms with van der Waals surface area (Å²) >= 11 is 7.05. The minimum absolute atomic E-state index is 0.0539. The van der Waals surface area contributed by atoms with Crippen molar-refractivity contribution < 1.29 is 12.7 Å². The number of fused-ring (bicyclic) bond motifs is 1. The molecule has 1 fully saturated rings. The maximum absolute atomic E-state index is 13.7. The number of hydrogen-bond acceptors (Lipinski definition) is 6. The van der Waals surface area contributed by atoms with Gasteiger partial charge in [-0.15, -0.1) is 11.3 Å². The number of anilines is 1. The molecule has 3 aromatic rings. The highest BCUT2D eigenvalue weighted by molar-refractivity contribution is 7.22. The molecule has 0 bridgehead atoms. The second kappa shape index (κ2) is 7.77.